The number of hydrogen-bond donors (Lipinski definition) is 1. The molecule has 35 heavy (non-hydrogen) atoms. The van der Waals surface area contributed by atoms with Crippen molar-refractivity contribution >= 4 is 28.1 Å². The van der Waals surface area contributed by atoms with Crippen molar-refractivity contribution in [2.24, 2.45) is 5.73 Å². The van der Waals surface area contributed by atoms with Crippen molar-refractivity contribution in [2.45, 2.75) is 13.0 Å². The van der Waals surface area contributed by atoms with Crippen molar-refractivity contribution in [3.8, 4) is 17.3 Å². The molecule has 6 rings (SSSR count). The van der Waals surface area contributed by atoms with Gasteiger partial charge in [0.05, 0.1) is 11.6 Å². The molecule has 2 N–H and O–H groups in total. The summed E-state index contributed by atoms with van der Waals surface area (Å²) >= 11 is 0. The summed E-state index contributed by atoms with van der Waals surface area (Å²) in [7, 11) is 0. The first-order valence-electron chi connectivity index (χ1n) is 11.8. The number of benzene rings is 1. The van der Waals surface area contributed by atoms with E-state index in [1.807, 2.05) is 25.1 Å². The van der Waals surface area contributed by atoms with Gasteiger partial charge in [0.2, 0.25) is 5.88 Å². The molecule has 0 aliphatic carbocycles. The standard InChI is InChI=1S/C26H27N7O2/c1-18(27)17-34-25-8-7-24-29-16-21(33(24)30-25)23-15-20-22(35-23)9-10-28-26(20)32-13-11-31(12-14-32)19-5-3-2-4-6-19/h2-10,15-16,18H,11-14,17,27H2,1H3. The van der Waals surface area contributed by atoms with Gasteiger partial charge in [0.25, 0.3) is 0 Å². The zero-order chi connectivity index (χ0) is 23.8. The quantitative estimate of drug-likeness (QED) is 0.403. The predicted octanol–water partition coefficient (Wildman–Crippen LogP) is 3.59. The lowest BCUT2D eigenvalue weighted by atomic mass is 10.2. The fraction of sp³-hybridized carbons (Fsp3) is 0.269. The molecule has 0 radical (unpaired) electrons. The highest BCUT2D eigenvalue weighted by molar-refractivity contribution is 5.92. The molecular formula is C26H27N7O2. The van der Waals surface area contributed by atoms with Gasteiger partial charge in [0, 0.05) is 50.2 Å². The van der Waals surface area contributed by atoms with Gasteiger partial charge in [-0.15, -0.1) is 5.10 Å². The lowest BCUT2D eigenvalue weighted by Gasteiger charge is -2.36. The van der Waals surface area contributed by atoms with Crippen LogP contribution >= 0.6 is 0 Å². The number of rotatable bonds is 6. The topological polar surface area (TPSA) is 98.0 Å². The molecule has 5 aromatic rings. The number of anilines is 2. The molecule has 1 aliphatic heterocycles. The van der Waals surface area contributed by atoms with Gasteiger partial charge in [-0.2, -0.15) is 0 Å². The fourth-order valence-electron chi connectivity index (χ4n) is 4.46. The number of para-hydroxylation sites is 1. The van der Waals surface area contributed by atoms with Gasteiger partial charge >= 0.3 is 0 Å². The maximum atomic E-state index is 6.24. The zero-order valence-corrected chi connectivity index (χ0v) is 19.5. The summed E-state index contributed by atoms with van der Waals surface area (Å²) in [4.78, 5) is 13.9. The number of aromatic nitrogens is 4. The second-order valence-corrected chi connectivity index (χ2v) is 8.84. The third kappa shape index (κ3) is 4.15. The van der Waals surface area contributed by atoms with Crippen LogP contribution in [0.4, 0.5) is 11.5 Å². The van der Waals surface area contributed by atoms with Crippen molar-refractivity contribution in [3.05, 3.63) is 67.0 Å². The molecule has 178 valence electrons. The summed E-state index contributed by atoms with van der Waals surface area (Å²) in [5.41, 5.74) is 9.32. The first kappa shape index (κ1) is 21.4. The van der Waals surface area contributed by atoms with Crippen LogP contribution < -0.4 is 20.3 Å². The molecule has 1 atom stereocenters. The largest absolute Gasteiger partial charge is 0.475 e. The third-order valence-electron chi connectivity index (χ3n) is 6.21. The van der Waals surface area contributed by atoms with Crippen LogP contribution in [0, 0.1) is 0 Å². The van der Waals surface area contributed by atoms with E-state index in [0.717, 1.165) is 48.7 Å². The highest BCUT2D eigenvalue weighted by Crippen LogP contribution is 2.33. The molecule has 0 saturated carbocycles. The van der Waals surface area contributed by atoms with Gasteiger partial charge in [0.15, 0.2) is 11.4 Å². The average molecular weight is 470 g/mol. The summed E-state index contributed by atoms with van der Waals surface area (Å²) in [5.74, 6) is 2.11. The Hall–Kier alpha value is -4.11. The highest BCUT2D eigenvalue weighted by Gasteiger charge is 2.22. The minimum absolute atomic E-state index is 0.0781. The van der Waals surface area contributed by atoms with Crippen LogP contribution in [-0.2, 0) is 0 Å². The molecule has 4 aromatic heterocycles. The van der Waals surface area contributed by atoms with E-state index in [1.165, 1.54) is 5.69 Å². The van der Waals surface area contributed by atoms with Crippen LogP contribution in [0.3, 0.4) is 0 Å². The molecule has 1 aliphatic rings. The van der Waals surface area contributed by atoms with E-state index in [-0.39, 0.29) is 6.04 Å². The summed E-state index contributed by atoms with van der Waals surface area (Å²) in [6.07, 6.45) is 3.57. The van der Waals surface area contributed by atoms with Gasteiger partial charge in [-0.25, -0.2) is 14.5 Å². The number of imidazole rings is 1. The van der Waals surface area contributed by atoms with E-state index in [4.69, 9.17) is 19.9 Å². The predicted molar refractivity (Wildman–Crippen MR) is 136 cm³/mol. The molecule has 5 heterocycles. The summed E-state index contributed by atoms with van der Waals surface area (Å²) < 4.78 is 13.7. The summed E-state index contributed by atoms with van der Waals surface area (Å²) in [6, 6.07) is 18.1. The van der Waals surface area contributed by atoms with Gasteiger partial charge in [0.1, 0.15) is 23.7 Å². The Morgan fingerprint density at radius 2 is 1.80 bits per heavy atom. The molecule has 1 unspecified atom stereocenters. The highest BCUT2D eigenvalue weighted by atomic mass is 16.5. The zero-order valence-electron chi connectivity index (χ0n) is 19.5. The molecule has 1 aromatic carbocycles. The Morgan fingerprint density at radius 1 is 1.00 bits per heavy atom. The minimum atomic E-state index is -0.0781. The van der Waals surface area contributed by atoms with E-state index in [2.05, 4.69) is 50.2 Å². The number of fused-ring (bicyclic) bond motifs is 2. The molecule has 1 fully saturated rings. The monoisotopic (exact) mass is 469 g/mol. The van der Waals surface area contributed by atoms with E-state index in [9.17, 15) is 0 Å². The number of hydrogen-bond acceptors (Lipinski definition) is 8. The van der Waals surface area contributed by atoms with Crippen LogP contribution in [0.1, 0.15) is 6.92 Å². The first-order chi connectivity index (χ1) is 17.2. The Balaban J connectivity index is 1.29. The lowest BCUT2D eigenvalue weighted by Crippen LogP contribution is -2.46. The molecule has 9 nitrogen and oxygen atoms in total. The second-order valence-electron chi connectivity index (χ2n) is 8.84. The molecule has 0 bridgehead atoms. The summed E-state index contributed by atoms with van der Waals surface area (Å²) in [5, 5.41) is 5.57. The van der Waals surface area contributed by atoms with Crippen molar-refractivity contribution in [2.75, 3.05) is 42.6 Å². The SMILES string of the molecule is CC(N)COc1ccc2ncc(-c3cc4c(N5CCN(c6ccccc6)CC5)nccc4o3)n2n1. The van der Waals surface area contributed by atoms with E-state index in [1.54, 1.807) is 23.0 Å². The van der Waals surface area contributed by atoms with Crippen LogP contribution in [-0.4, -0.2) is 58.4 Å². The third-order valence-corrected chi connectivity index (χ3v) is 6.21. The summed E-state index contributed by atoms with van der Waals surface area (Å²) in [6.45, 7) is 5.93. The van der Waals surface area contributed by atoms with Crippen LogP contribution in [0.15, 0.2) is 71.4 Å². The number of nitrogens with two attached hydrogens (primary N) is 1. The van der Waals surface area contributed by atoms with Gasteiger partial charge in [-0.3, -0.25) is 0 Å². The average Bonchev–Trinajstić information content (AvgIpc) is 3.52. The number of furan rings is 1. The Labute approximate surface area is 202 Å². The Morgan fingerprint density at radius 3 is 2.60 bits per heavy atom. The van der Waals surface area contributed by atoms with Gasteiger partial charge < -0.3 is 24.7 Å². The minimum Gasteiger partial charge on any atom is -0.475 e. The maximum absolute atomic E-state index is 6.24. The number of ether oxygens (including phenoxy) is 1. The normalized spacial score (nSPS) is 15.1. The van der Waals surface area contributed by atoms with Crippen molar-refractivity contribution in [1.82, 2.24) is 19.6 Å². The second kappa shape index (κ2) is 8.92. The maximum Gasteiger partial charge on any atom is 0.231 e. The molecule has 0 amide bonds. The number of pyridine rings is 1. The Kier molecular flexibility index (Phi) is 5.46. The van der Waals surface area contributed by atoms with Crippen molar-refractivity contribution in [3.63, 3.8) is 0 Å². The Bertz CT molecular complexity index is 1450. The van der Waals surface area contributed by atoms with Gasteiger partial charge in [-0.1, -0.05) is 18.2 Å². The van der Waals surface area contributed by atoms with Crippen molar-refractivity contribution < 1.29 is 9.15 Å². The van der Waals surface area contributed by atoms with E-state index < -0.39 is 0 Å². The molecule has 9 heteroatoms. The van der Waals surface area contributed by atoms with E-state index >= 15 is 0 Å². The fourth-order valence-corrected chi connectivity index (χ4v) is 4.46. The molecular weight excluding hydrogens is 442 g/mol. The van der Waals surface area contributed by atoms with Gasteiger partial charge in [-0.05, 0) is 37.3 Å². The van der Waals surface area contributed by atoms with E-state index in [0.29, 0.717) is 23.9 Å². The molecule has 1 saturated heterocycles. The van der Waals surface area contributed by atoms with Crippen LogP contribution in [0.25, 0.3) is 28.1 Å². The number of piperazine rings is 1. The smallest absolute Gasteiger partial charge is 0.231 e. The first-order valence-corrected chi connectivity index (χ1v) is 11.8. The van der Waals surface area contributed by atoms with Crippen LogP contribution in [0.5, 0.6) is 5.88 Å². The molecule has 0 spiro atoms. The lowest BCUT2D eigenvalue weighted by molar-refractivity contribution is 0.281. The number of nitrogens with zero attached hydrogens (tertiary/aromatic N) is 6. The van der Waals surface area contributed by atoms with Crippen LogP contribution in [0.2, 0.25) is 0 Å². The van der Waals surface area contributed by atoms with Crippen molar-refractivity contribution in [1.29, 1.82) is 0 Å².